The van der Waals surface area contributed by atoms with Gasteiger partial charge in [0.2, 0.25) is 5.91 Å². The average Bonchev–Trinajstić information content (AvgIpc) is 2.81. The largest absolute Gasteiger partial charge is 0.309 e. The van der Waals surface area contributed by atoms with Gasteiger partial charge in [0.1, 0.15) is 0 Å². The van der Waals surface area contributed by atoms with Crippen LogP contribution in [0.15, 0.2) is 18.2 Å². The van der Waals surface area contributed by atoms with Gasteiger partial charge in [0.05, 0.1) is 4.83 Å². The molecule has 1 aromatic carbocycles. The van der Waals surface area contributed by atoms with Crippen molar-refractivity contribution in [3.8, 4) is 0 Å². The van der Waals surface area contributed by atoms with Crippen molar-refractivity contribution in [2.75, 3.05) is 4.90 Å². The number of Topliss-reactive ketones (excluding diaryl/α,β-unsaturated/α-hetero) is 1. The number of nitrogens with zero attached hydrogens (tertiary/aromatic N) is 1. The van der Waals surface area contributed by atoms with Crippen LogP contribution in [0.2, 0.25) is 0 Å². The minimum atomic E-state index is -0.118. The summed E-state index contributed by atoms with van der Waals surface area (Å²) in [7, 11) is 0. The van der Waals surface area contributed by atoms with Gasteiger partial charge in [-0.05, 0) is 49.9 Å². The van der Waals surface area contributed by atoms with E-state index in [0.717, 1.165) is 42.5 Å². The van der Waals surface area contributed by atoms with Crippen molar-refractivity contribution < 1.29 is 9.59 Å². The molecule has 1 heterocycles. The second-order valence-electron chi connectivity index (χ2n) is 6.03. The van der Waals surface area contributed by atoms with Crippen molar-refractivity contribution >= 4 is 33.3 Å². The summed E-state index contributed by atoms with van der Waals surface area (Å²) in [5.74, 6) is 0.313. The van der Waals surface area contributed by atoms with E-state index in [0.29, 0.717) is 6.42 Å². The topological polar surface area (TPSA) is 37.4 Å². The summed E-state index contributed by atoms with van der Waals surface area (Å²) in [6.45, 7) is 6.16. The third-order valence-corrected chi connectivity index (χ3v) is 5.01. The minimum Gasteiger partial charge on any atom is -0.309 e. The summed E-state index contributed by atoms with van der Waals surface area (Å²) < 4.78 is 0. The number of benzene rings is 1. The second kappa shape index (κ2) is 7.40. The summed E-state index contributed by atoms with van der Waals surface area (Å²) in [6, 6.07) is 5.94. The first-order valence-corrected chi connectivity index (χ1v) is 9.04. The van der Waals surface area contributed by atoms with Gasteiger partial charge in [0, 0.05) is 23.7 Å². The Kier molecular flexibility index (Phi) is 5.79. The lowest BCUT2D eigenvalue weighted by molar-refractivity contribution is -0.118. The van der Waals surface area contributed by atoms with Gasteiger partial charge in [0.15, 0.2) is 5.78 Å². The first-order chi connectivity index (χ1) is 10.5. The first kappa shape index (κ1) is 17.2. The Morgan fingerprint density at radius 3 is 2.68 bits per heavy atom. The van der Waals surface area contributed by atoms with Crippen LogP contribution in [0.3, 0.4) is 0 Å². The summed E-state index contributed by atoms with van der Waals surface area (Å²) in [5, 5.41) is 0. The molecule has 0 fully saturated rings. The average molecular weight is 366 g/mol. The van der Waals surface area contributed by atoms with E-state index < -0.39 is 0 Å². The van der Waals surface area contributed by atoms with E-state index in [9.17, 15) is 9.59 Å². The number of anilines is 1. The van der Waals surface area contributed by atoms with E-state index in [1.54, 1.807) is 0 Å². The lowest BCUT2D eigenvalue weighted by atomic mass is 10.0. The predicted octanol–water partition coefficient (Wildman–Crippen LogP) is 4.51. The van der Waals surface area contributed by atoms with Crippen LogP contribution < -0.4 is 4.90 Å². The second-order valence-corrected chi connectivity index (χ2v) is 7.14. The number of rotatable bonds is 6. The van der Waals surface area contributed by atoms with E-state index in [1.165, 1.54) is 0 Å². The Bertz CT molecular complexity index is 570. The van der Waals surface area contributed by atoms with Crippen LogP contribution in [0.1, 0.15) is 62.4 Å². The van der Waals surface area contributed by atoms with E-state index in [2.05, 4.69) is 29.8 Å². The SMILES string of the molecule is CCCC(=O)N1c2ccc(C(=O)C(Br)CCC)cc2CC1C. The molecule has 2 rings (SSSR count). The molecule has 0 bridgehead atoms. The Labute approximate surface area is 141 Å². The highest BCUT2D eigenvalue weighted by Gasteiger charge is 2.31. The molecule has 2 unspecified atom stereocenters. The molecule has 0 aliphatic carbocycles. The summed E-state index contributed by atoms with van der Waals surface area (Å²) >= 11 is 3.47. The molecule has 1 aromatic rings. The van der Waals surface area contributed by atoms with Crippen LogP contribution in [0, 0.1) is 0 Å². The quantitative estimate of drug-likeness (QED) is 0.549. The molecule has 3 nitrogen and oxygen atoms in total. The zero-order valence-corrected chi connectivity index (χ0v) is 15.1. The summed E-state index contributed by atoms with van der Waals surface area (Å²) in [6.07, 6.45) is 4.07. The predicted molar refractivity (Wildman–Crippen MR) is 94.0 cm³/mol. The molecule has 1 aliphatic rings. The Morgan fingerprint density at radius 2 is 2.05 bits per heavy atom. The molecule has 2 atom stereocenters. The van der Waals surface area contributed by atoms with Gasteiger partial charge in [-0.1, -0.05) is 36.2 Å². The van der Waals surface area contributed by atoms with Crippen LogP contribution in [0.25, 0.3) is 0 Å². The maximum absolute atomic E-state index is 12.4. The van der Waals surface area contributed by atoms with Crippen LogP contribution >= 0.6 is 15.9 Å². The number of alkyl halides is 1. The Morgan fingerprint density at radius 1 is 1.32 bits per heavy atom. The highest BCUT2D eigenvalue weighted by molar-refractivity contribution is 9.10. The van der Waals surface area contributed by atoms with E-state index in [1.807, 2.05) is 30.0 Å². The molecule has 0 radical (unpaired) electrons. The first-order valence-electron chi connectivity index (χ1n) is 8.12. The normalized spacial score (nSPS) is 18.2. The molecule has 22 heavy (non-hydrogen) atoms. The number of hydrogen-bond donors (Lipinski definition) is 0. The Balaban J connectivity index is 2.25. The number of carbonyl (C=O) groups is 2. The van der Waals surface area contributed by atoms with E-state index >= 15 is 0 Å². The standard InChI is InChI=1S/C18H24BrNO2/c1-4-6-15(19)18(22)13-8-9-16-14(11-13)10-12(3)20(16)17(21)7-5-2/h8-9,11-12,15H,4-7,10H2,1-3H3. The van der Waals surface area contributed by atoms with Gasteiger partial charge >= 0.3 is 0 Å². The lowest BCUT2D eigenvalue weighted by Crippen LogP contribution is -2.35. The summed E-state index contributed by atoms with van der Waals surface area (Å²) in [5.41, 5.74) is 2.83. The number of fused-ring (bicyclic) bond motifs is 1. The fraction of sp³-hybridized carbons (Fsp3) is 0.556. The molecule has 4 heteroatoms. The monoisotopic (exact) mass is 365 g/mol. The zero-order valence-electron chi connectivity index (χ0n) is 13.6. The number of halogens is 1. The van der Waals surface area contributed by atoms with E-state index in [4.69, 9.17) is 0 Å². The fourth-order valence-electron chi connectivity index (χ4n) is 3.06. The lowest BCUT2D eigenvalue weighted by Gasteiger charge is -2.22. The maximum atomic E-state index is 12.4. The molecule has 1 amide bonds. The number of ketones is 1. The van der Waals surface area contributed by atoms with Gasteiger partial charge in [-0.25, -0.2) is 0 Å². The molecular formula is C18H24BrNO2. The molecule has 0 saturated heterocycles. The van der Waals surface area contributed by atoms with Crippen molar-refractivity contribution in [2.45, 2.75) is 63.7 Å². The third-order valence-electron chi connectivity index (χ3n) is 4.14. The van der Waals surface area contributed by atoms with Crippen molar-refractivity contribution in [1.82, 2.24) is 0 Å². The number of carbonyl (C=O) groups excluding carboxylic acids is 2. The van der Waals surface area contributed by atoms with Crippen LogP contribution in [0.4, 0.5) is 5.69 Å². The highest BCUT2D eigenvalue weighted by atomic mass is 79.9. The molecule has 120 valence electrons. The van der Waals surface area contributed by atoms with Crippen molar-refractivity contribution in [3.05, 3.63) is 29.3 Å². The van der Waals surface area contributed by atoms with Crippen LogP contribution in [-0.4, -0.2) is 22.6 Å². The number of amides is 1. The van der Waals surface area contributed by atoms with Crippen molar-refractivity contribution in [3.63, 3.8) is 0 Å². The van der Waals surface area contributed by atoms with Gasteiger partial charge in [0.25, 0.3) is 0 Å². The molecule has 1 aliphatic heterocycles. The molecule has 0 spiro atoms. The molecule has 0 aromatic heterocycles. The van der Waals surface area contributed by atoms with Gasteiger partial charge < -0.3 is 4.90 Å². The molecule has 0 N–H and O–H groups in total. The summed E-state index contributed by atoms with van der Waals surface area (Å²) in [4.78, 5) is 26.5. The smallest absolute Gasteiger partial charge is 0.227 e. The van der Waals surface area contributed by atoms with Gasteiger partial charge in [-0.2, -0.15) is 0 Å². The molecular weight excluding hydrogens is 342 g/mol. The van der Waals surface area contributed by atoms with Crippen LogP contribution in [-0.2, 0) is 11.2 Å². The van der Waals surface area contributed by atoms with Crippen molar-refractivity contribution in [2.24, 2.45) is 0 Å². The van der Waals surface area contributed by atoms with Gasteiger partial charge in [-0.15, -0.1) is 0 Å². The minimum absolute atomic E-state index is 0.118. The van der Waals surface area contributed by atoms with E-state index in [-0.39, 0.29) is 22.6 Å². The highest BCUT2D eigenvalue weighted by Crippen LogP contribution is 2.34. The third kappa shape index (κ3) is 3.43. The van der Waals surface area contributed by atoms with Crippen molar-refractivity contribution in [1.29, 1.82) is 0 Å². The molecule has 0 saturated carbocycles. The van der Waals surface area contributed by atoms with Crippen LogP contribution in [0.5, 0.6) is 0 Å². The number of hydrogen-bond acceptors (Lipinski definition) is 2. The maximum Gasteiger partial charge on any atom is 0.227 e. The Hall–Kier alpha value is -1.16. The van der Waals surface area contributed by atoms with Gasteiger partial charge in [-0.3, -0.25) is 9.59 Å². The fourth-order valence-corrected chi connectivity index (χ4v) is 3.79. The zero-order chi connectivity index (χ0) is 16.3.